The highest BCUT2D eigenvalue weighted by Crippen LogP contribution is 2.35. The lowest BCUT2D eigenvalue weighted by atomic mass is 10.00. The number of nitrogens with one attached hydrogen (secondary N) is 1. The predicted molar refractivity (Wildman–Crippen MR) is 141 cm³/mol. The summed E-state index contributed by atoms with van der Waals surface area (Å²) in [6, 6.07) is 19.5. The first kappa shape index (κ1) is 24.4. The molecule has 1 unspecified atom stereocenters. The predicted octanol–water partition coefficient (Wildman–Crippen LogP) is 5.25. The Bertz CT molecular complexity index is 1510. The monoisotopic (exact) mass is 513 g/mol. The zero-order chi connectivity index (χ0) is 25.9. The van der Waals surface area contributed by atoms with Crippen LogP contribution in [0, 0.1) is 6.92 Å². The van der Waals surface area contributed by atoms with E-state index >= 15 is 0 Å². The number of halogens is 1. The standard InChI is InChI=1S/C28H24ClN5O3/c1-3-30-26(36)15-24-28-33-32-17(2)34(28)25-12-11-22(37-21-6-4-5-18(13-21)16-35)14-23(25)27(31-24)19-7-9-20(29)10-8-19/h4-14,16,24H,3,15H2,1-2H3,(H,30,36). The maximum atomic E-state index is 12.6. The van der Waals surface area contributed by atoms with Gasteiger partial charge in [0.1, 0.15) is 29.7 Å². The third kappa shape index (κ3) is 5.01. The number of aromatic nitrogens is 3. The number of nitrogens with zero attached hydrogens (tertiary/aromatic N) is 4. The van der Waals surface area contributed by atoms with Crippen LogP contribution in [0.25, 0.3) is 5.69 Å². The first-order valence-corrected chi connectivity index (χ1v) is 12.2. The number of aldehydes is 1. The molecule has 1 aliphatic heterocycles. The largest absolute Gasteiger partial charge is 0.457 e. The van der Waals surface area contributed by atoms with Gasteiger partial charge in [0.05, 0.1) is 17.8 Å². The van der Waals surface area contributed by atoms with Gasteiger partial charge in [-0.3, -0.25) is 19.1 Å². The maximum absolute atomic E-state index is 12.6. The van der Waals surface area contributed by atoms with Crippen LogP contribution in [0.3, 0.4) is 0 Å². The van der Waals surface area contributed by atoms with Crippen molar-refractivity contribution in [1.82, 2.24) is 20.1 Å². The van der Waals surface area contributed by atoms with E-state index in [0.29, 0.717) is 46.0 Å². The van der Waals surface area contributed by atoms with Gasteiger partial charge in [-0.05, 0) is 56.3 Å². The summed E-state index contributed by atoms with van der Waals surface area (Å²) in [4.78, 5) is 28.9. The molecule has 1 aliphatic rings. The van der Waals surface area contributed by atoms with E-state index in [-0.39, 0.29) is 12.3 Å². The normalized spacial score (nSPS) is 14.1. The number of amides is 1. The van der Waals surface area contributed by atoms with Gasteiger partial charge in [0.25, 0.3) is 0 Å². The van der Waals surface area contributed by atoms with Crippen molar-refractivity contribution in [3.8, 4) is 17.2 Å². The Morgan fingerprint density at radius 2 is 1.86 bits per heavy atom. The van der Waals surface area contributed by atoms with Crippen LogP contribution in [0.5, 0.6) is 11.5 Å². The zero-order valence-corrected chi connectivity index (χ0v) is 21.1. The quantitative estimate of drug-likeness (QED) is 0.340. The molecule has 3 aromatic carbocycles. The molecule has 0 saturated carbocycles. The molecule has 9 heteroatoms. The number of rotatable bonds is 7. The van der Waals surface area contributed by atoms with E-state index in [9.17, 15) is 9.59 Å². The summed E-state index contributed by atoms with van der Waals surface area (Å²) < 4.78 is 8.05. The summed E-state index contributed by atoms with van der Waals surface area (Å²) in [5.41, 5.74) is 3.64. The lowest BCUT2D eigenvalue weighted by Gasteiger charge is -2.15. The highest BCUT2D eigenvalue weighted by molar-refractivity contribution is 6.30. The number of hydrogen-bond donors (Lipinski definition) is 1. The van der Waals surface area contributed by atoms with Crippen molar-refractivity contribution in [2.45, 2.75) is 26.3 Å². The van der Waals surface area contributed by atoms with Crippen molar-refractivity contribution in [1.29, 1.82) is 0 Å². The number of fused-ring (bicyclic) bond motifs is 3. The van der Waals surface area contributed by atoms with E-state index in [4.69, 9.17) is 21.3 Å². The molecule has 1 aromatic heterocycles. The molecule has 1 atom stereocenters. The second kappa shape index (κ2) is 10.4. The summed E-state index contributed by atoms with van der Waals surface area (Å²) in [7, 11) is 0. The highest BCUT2D eigenvalue weighted by Gasteiger charge is 2.30. The van der Waals surface area contributed by atoms with Gasteiger partial charge in [0.15, 0.2) is 5.82 Å². The lowest BCUT2D eigenvalue weighted by Crippen LogP contribution is -2.25. The topological polar surface area (TPSA) is 98.5 Å². The number of carbonyl (C=O) groups excluding carboxylic acids is 2. The summed E-state index contributed by atoms with van der Waals surface area (Å²) in [5.74, 6) is 2.25. The SMILES string of the molecule is CCNC(=O)CC1N=C(c2ccc(Cl)cc2)c2cc(Oc3cccc(C=O)c3)ccc2-n2c(C)nnc21. The van der Waals surface area contributed by atoms with Crippen LogP contribution >= 0.6 is 11.6 Å². The Balaban J connectivity index is 1.67. The first-order chi connectivity index (χ1) is 18.0. The zero-order valence-electron chi connectivity index (χ0n) is 20.3. The molecule has 0 aliphatic carbocycles. The van der Waals surface area contributed by atoms with Crippen molar-refractivity contribution in [2.24, 2.45) is 4.99 Å². The average Bonchev–Trinajstić information content (AvgIpc) is 3.22. The van der Waals surface area contributed by atoms with E-state index in [2.05, 4.69) is 15.5 Å². The number of aliphatic imine (C=N–C) groups is 1. The van der Waals surface area contributed by atoms with Crippen molar-refractivity contribution < 1.29 is 14.3 Å². The van der Waals surface area contributed by atoms with Crippen LogP contribution in [0.1, 0.15) is 52.5 Å². The summed E-state index contributed by atoms with van der Waals surface area (Å²) >= 11 is 6.17. The van der Waals surface area contributed by atoms with Crippen LogP contribution < -0.4 is 10.1 Å². The number of hydrogen-bond acceptors (Lipinski definition) is 6. The van der Waals surface area contributed by atoms with Crippen LogP contribution in [-0.4, -0.2) is 39.2 Å². The van der Waals surface area contributed by atoms with Gasteiger partial charge < -0.3 is 10.1 Å². The molecule has 2 heterocycles. The summed E-state index contributed by atoms with van der Waals surface area (Å²) in [6.07, 6.45) is 0.902. The van der Waals surface area contributed by atoms with Crippen LogP contribution in [0.15, 0.2) is 71.7 Å². The minimum Gasteiger partial charge on any atom is -0.457 e. The smallest absolute Gasteiger partial charge is 0.222 e. The third-order valence-electron chi connectivity index (χ3n) is 6.00. The Morgan fingerprint density at radius 3 is 2.62 bits per heavy atom. The number of benzene rings is 3. The van der Waals surface area contributed by atoms with Crippen molar-refractivity contribution in [3.63, 3.8) is 0 Å². The van der Waals surface area contributed by atoms with E-state index in [1.807, 2.05) is 48.7 Å². The Labute approximate surface area is 219 Å². The lowest BCUT2D eigenvalue weighted by molar-refractivity contribution is -0.121. The summed E-state index contributed by atoms with van der Waals surface area (Å²) in [5, 5.41) is 12.2. The molecule has 186 valence electrons. The van der Waals surface area contributed by atoms with E-state index in [1.54, 1.807) is 36.4 Å². The molecule has 1 amide bonds. The van der Waals surface area contributed by atoms with Gasteiger partial charge in [-0.2, -0.15) is 0 Å². The molecule has 0 spiro atoms. The van der Waals surface area contributed by atoms with Crippen molar-refractivity contribution in [2.75, 3.05) is 6.54 Å². The number of aryl methyl sites for hydroxylation is 1. The molecule has 5 rings (SSSR count). The molecule has 37 heavy (non-hydrogen) atoms. The molecule has 8 nitrogen and oxygen atoms in total. The van der Waals surface area contributed by atoms with E-state index in [0.717, 1.165) is 23.1 Å². The van der Waals surface area contributed by atoms with Crippen LogP contribution in [0.2, 0.25) is 5.02 Å². The molecule has 0 radical (unpaired) electrons. The van der Waals surface area contributed by atoms with Gasteiger partial charge in [-0.15, -0.1) is 10.2 Å². The van der Waals surface area contributed by atoms with Gasteiger partial charge in [-0.1, -0.05) is 35.9 Å². The fourth-order valence-electron chi connectivity index (χ4n) is 4.35. The van der Waals surface area contributed by atoms with E-state index in [1.165, 1.54) is 0 Å². The van der Waals surface area contributed by atoms with Crippen LogP contribution in [-0.2, 0) is 4.79 Å². The Morgan fingerprint density at radius 1 is 1.08 bits per heavy atom. The second-order valence-corrected chi connectivity index (χ2v) is 9.01. The Hall–Kier alpha value is -4.30. The molecular weight excluding hydrogens is 490 g/mol. The van der Waals surface area contributed by atoms with Crippen molar-refractivity contribution in [3.05, 3.63) is 100 Å². The number of carbonyl (C=O) groups is 2. The fraction of sp³-hybridized carbons (Fsp3) is 0.179. The highest BCUT2D eigenvalue weighted by atomic mass is 35.5. The van der Waals surface area contributed by atoms with Crippen molar-refractivity contribution >= 4 is 29.5 Å². The fourth-order valence-corrected chi connectivity index (χ4v) is 4.47. The minimum absolute atomic E-state index is 0.121. The van der Waals surface area contributed by atoms with Gasteiger partial charge in [0.2, 0.25) is 5.91 Å². The number of ether oxygens (including phenoxy) is 1. The average molecular weight is 514 g/mol. The summed E-state index contributed by atoms with van der Waals surface area (Å²) in [6.45, 7) is 4.27. The first-order valence-electron chi connectivity index (χ1n) is 11.9. The molecule has 0 fully saturated rings. The molecule has 0 bridgehead atoms. The molecule has 4 aromatic rings. The minimum atomic E-state index is -0.556. The van der Waals surface area contributed by atoms with Gasteiger partial charge in [0, 0.05) is 28.3 Å². The van der Waals surface area contributed by atoms with Crippen LogP contribution in [0.4, 0.5) is 0 Å². The second-order valence-electron chi connectivity index (χ2n) is 8.57. The molecular formula is C28H24ClN5O3. The molecule has 0 saturated heterocycles. The Kier molecular flexibility index (Phi) is 6.83. The van der Waals surface area contributed by atoms with Gasteiger partial charge in [-0.25, -0.2) is 0 Å². The van der Waals surface area contributed by atoms with E-state index < -0.39 is 6.04 Å². The maximum Gasteiger partial charge on any atom is 0.222 e. The third-order valence-corrected chi connectivity index (χ3v) is 6.25. The molecule has 1 N–H and O–H groups in total. The van der Waals surface area contributed by atoms with Gasteiger partial charge >= 0.3 is 0 Å².